The summed E-state index contributed by atoms with van der Waals surface area (Å²) >= 11 is 0. The van der Waals surface area contributed by atoms with Crippen molar-refractivity contribution in [3.05, 3.63) is 66.9 Å². The minimum Gasteiger partial charge on any atom is -0.465 e. The number of ether oxygens (including phenoxy) is 1. The van der Waals surface area contributed by atoms with Crippen LogP contribution in [0.2, 0.25) is 0 Å². The van der Waals surface area contributed by atoms with Crippen LogP contribution in [-0.4, -0.2) is 31.7 Å². The standard InChI is InChI=1S/C23H20N4O2/c28-19-11-4-5-12-20(19)29-21-14-13-17(24-25-21)22-18-10-6-7-15-27(18)26-23(22)16-8-2-1-3-9-16/h1-3,6-10,13-15,20H,4-5,11-12H2. The van der Waals surface area contributed by atoms with Crippen molar-refractivity contribution in [1.29, 1.82) is 0 Å². The van der Waals surface area contributed by atoms with Crippen LogP contribution in [0, 0.1) is 0 Å². The minimum absolute atomic E-state index is 0.149. The van der Waals surface area contributed by atoms with Gasteiger partial charge in [-0.1, -0.05) is 36.4 Å². The largest absolute Gasteiger partial charge is 0.465 e. The van der Waals surface area contributed by atoms with Crippen molar-refractivity contribution in [2.75, 3.05) is 0 Å². The van der Waals surface area contributed by atoms with E-state index < -0.39 is 6.10 Å². The van der Waals surface area contributed by atoms with Crippen LogP contribution in [0.5, 0.6) is 5.88 Å². The third kappa shape index (κ3) is 3.38. The van der Waals surface area contributed by atoms with E-state index in [-0.39, 0.29) is 5.78 Å². The van der Waals surface area contributed by atoms with E-state index in [0.29, 0.717) is 18.0 Å². The summed E-state index contributed by atoms with van der Waals surface area (Å²) in [5, 5.41) is 13.4. The molecule has 6 nitrogen and oxygen atoms in total. The molecule has 3 heterocycles. The lowest BCUT2D eigenvalue weighted by atomic mass is 9.96. The molecule has 29 heavy (non-hydrogen) atoms. The van der Waals surface area contributed by atoms with Crippen molar-refractivity contribution in [1.82, 2.24) is 19.8 Å². The second-order valence-corrected chi connectivity index (χ2v) is 7.20. The van der Waals surface area contributed by atoms with E-state index in [9.17, 15) is 4.79 Å². The van der Waals surface area contributed by atoms with Gasteiger partial charge in [0, 0.05) is 24.2 Å². The van der Waals surface area contributed by atoms with Gasteiger partial charge in [0.25, 0.3) is 0 Å². The van der Waals surface area contributed by atoms with Crippen LogP contribution >= 0.6 is 0 Å². The van der Waals surface area contributed by atoms with Crippen molar-refractivity contribution in [3.8, 4) is 28.4 Å². The lowest BCUT2D eigenvalue weighted by Gasteiger charge is -2.20. The lowest BCUT2D eigenvalue weighted by molar-refractivity contribution is -0.127. The number of benzene rings is 1. The summed E-state index contributed by atoms with van der Waals surface area (Å²) in [5.74, 6) is 0.530. The molecule has 1 atom stereocenters. The van der Waals surface area contributed by atoms with Crippen molar-refractivity contribution in [2.24, 2.45) is 0 Å². The van der Waals surface area contributed by atoms with E-state index in [4.69, 9.17) is 9.84 Å². The molecule has 0 amide bonds. The van der Waals surface area contributed by atoms with Crippen molar-refractivity contribution in [2.45, 2.75) is 31.8 Å². The highest BCUT2D eigenvalue weighted by Gasteiger charge is 2.24. The molecule has 1 fully saturated rings. The van der Waals surface area contributed by atoms with E-state index in [1.54, 1.807) is 6.07 Å². The maximum absolute atomic E-state index is 12.0. The molecule has 1 unspecified atom stereocenters. The van der Waals surface area contributed by atoms with E-state index in [2.05, 4.69) is 10.2 Å². The van der Waals surface area contributed by atoms with E-state index in [1.807, 2.05) is 65.3 Å². The van der Waals surface area contributed by atoms with Gasteiger partial charge in [-0.2, -0.15) is 5.10 Å². The quantitative estimate of drug-likeness (QED) is 0.523. The summed E-state index contributed by atoms with van der Waals surface area (Å²) in [7, 11) is 0. The maximum atomic E-state index is 12.0. The number of rotatable bonds is 4. The van der Waals surface area contributed by atoms with Gasteiger partial charge in [0.1, 0.15) is 5.69 Å². The van der Waals surface area contributed by atoms with Gasteiger partial charge in [0.2, 0.25) is 5.88 Å². The van der Waals surface area contributed by atoms with Gasteiger partial charge < -0.3 is 4.74 Å². The molecule has 6 heteroatoms. The Morgan fingerprint density at radius 2 is 1.79 bits per heavy atom. The van der Waals surface area contributed by atoms with Gasteiger partial charge in [-0.05, 0) is 37.5 Å². The molecule has 1 aliphatic rings. The Morgan fingerprint density at radius 1 is 0.931 bits per heavy atom. The molecule has 3 aromatic heterocycles. The molecule has 1 saturated carbocycles. The minimum atomic E-state index is -0.402. The molecule has 0 N–H and O–H groups in total. The molecule has 5 rings (SSSR count). The highest BCUT2D eigenvalue weighted by atomic mass is 16.5. The van der Waals surface area contributed by atoms with E-state index >= 15 is 0 Å². The Bertz CT molecular complexity index is 1150. The SMILES string of the molecule is O=C1CCCCC1Oc1ccc(-c2c(-c3ccccc3)nn3ccccc23)nn1. The molecule has 0 spiro atoms. The highest BCUT2D eigenvalue weighted by Crippen LogP contribution is 2.34. The predicted octanol–water partition coefficient (Wildman–Crippen LogP) is 4.35. The molecule has 1 aromatic carbocycles. The zero-order valence-corrected chi connectivity index (χ0v) is 15.9. The monoisotopic (exact) mass is 384 g/mol. The maximum Gasteiger partial charge on any atom is 0.234 e. The third-order valence-corrected chi connectivity index (χ3v) is 5.25. The molecule has 4 aromatic rings. The second kappa shape index (κ2) is 7.47. The fourth-order valence-corrected chi connectivity index (χ4v) is 3.79. The average Bonchev–Trinajstić information content (AvgIpc) is 3.16. The second-order valence-electron chi connectivity index (χ2n) is 7.20. The van der Waals surface area contributed by atoms with Crippen molar-refractivity contribution in [3.63, 3.8) is 0 Å². The Morgan fingerprint density at radius 3 is 2.59 bits per heavy atom. The Hall–Kier alpha value is -3.54. The number of nitrogens with zero attached hydrogens (tertiary/aromatic N) is 4. The van der Waals surface area contributed by atoms with Crippen molar-refractivity contribution < 1.29 is 9.53 Å². The number of aromatic nitrogens is 4. The number of hydrogen-bond acceptors (Lipinski definition) is 5. The topological polar surface area (TPSA) is 69.4 Å². The first-order valence-electron chi connectivity index (χ1n) is 9.86. The van der Waals surface area contributed by atoms with Crippen LogP contribution in [0.15, 0.2) is 66.9 Å². The smallest absolute Gasteiger partial charge is 0.234 e. The number of ketones is 1. The van der Waals surface area contributed by atoms with Gasteiger partial charge in [-0.3, -0.25) is 4.79 Å². The average molecular weight is 384 g/mol. The van der Waals surface area contributed by atoms with Crippen molar-refractivity contribution >= 4 is 11.3 Å². The number of carbonyl (C=O) groups is 1. The van der Waals surface area contributed by atoms with Gasteiger partial charge in [-0.15, -0.1) is 10.2 Å². The van der Waals surface area contributed by atoms with Gasteiger partial charge in [0.15, 0.2) is 11.9 Å². The molecular weight excluding hydrogens is 364 g/mol. The molecular formula is C23H20N4O2. The summed E-state index contributed by atoms with van der Waals surface area (Å²) in [6.45, 7) is 0. The number of hydrogen-bond donors (Lipinski definition) is 0. The third-order valence-electron chi connectivity index (χ3n) is 5.25. The molecule has 0 radical (unpaired) electrons. The van der Waals surface area contributed by atoms with Gasteiger partial charge in [-0.25, -0.2) is 4.52 Å². The van der Waals surface area contributed by atoms with E-state index in [0.717, 1.165) is 41.6 Å². The normalized spacial score (nSPS) is 16.8. The van der Waals surface area contributed by atoms with Crippen LogP contribution in [0.1, 0.15) is 25.7 Å². The Balaban J connectivity index is 1.53. The van der Waals surface area contributed by atoms with Crippen LogP contribution in [0.25, 0.3) is 28.0 Å². The fourth-order valence-electron chi connectivity index (χ4n) is 3.79. The molecule has 1 aliphatic carbocycles. The molecule has 144 valence electrons. The molecule has 0 bridgehead atoms. The van der Waals surface area contributed by atoms with Crippen LogP contribution in [0.4, 0.5) is 0 Å². The van der Waals surface area contributed by atoms with Crippen LogP contribution in [-0.2, 0) is 4.79 Å². The zero-order chi connectivity index (χ0) is 19.6. The predicted molar refractivity (Wildman–Crippen MR) is 110 cm³/mol. The first kappa shape index (κ1) is 17.6. The van der Waals surface area contributed by atoms with Crippen LogP contribution < -0.4 is 4.74 Å². The van der Waals surface area contributed by atoms with Crippen LogP contribution in [0.3, 0.4) is 0 Å². The lowest BCUT2D eigenvalue weighted by Crippen LogP contribution is -2.30. The first-order valence-corrected chi connectivity index (χ1v) is 9.86. The number of Topliss-reactive ketones (excluding diaryl/α,β-unsaturated/α-hetero) is 1. The highest BCUT2D eigenvalue weighted by molar-refractivity contribution is 5.90. The summed E-state index contributed by atoms with van der Waals surface area (Å²) in [5.41, 5.74) is 4.46. The summed E-state index contributed by atoms with van der Waals surface area (Å²) < 4.78 is 7.65. The molecule has 0 saturated heterocycles. The summed E-state index contributed by atoms with van der Waals surface area (Å²) in [6, 6.07) is 19.6. The van der Waals surface area contributed by atoms with E-state index in [1.165, 1.54) is 0 Å². The summed E-state index contributed by atoms with van der Waals surface area (Å²) in [6.07, 6.45) is 4.80. The molecule has 0 aliphatic heterocycles. The Kier molecular flexibility index (Phi) is 4.52. The number of fused-ring (bicyclic) bond motifs is 1. The Labute approximate surface area is 168 Å². The zero-order valence-electron chi connectivity index (χ0n) is 15.9. The number of carbonyl (C=O) groups excluding carboxylic acids is 1. The summed E-state index contributed by atoms with van der Waals surface area (Å²) in [4.78, 5) is 12.0. The fraction of sp³-hybridized carbons (Fsp3) is 0.217. The number of pyridine rings is 1. The van der Waals surface area contributed by atoms with Gasteiger partial charge in [0.05, 0.1) is 16.8 Å². The van der Waals surface area contributed by atoms with Gasteiger partial charge >= 0.3 is 0 Å². The first-order chi connectivity index (χ1) is 14.3.